The van der Waals surface area contributed by atoms with Crippen molar-refractivity contribution in [2.75, 3.05) is 17.3 Å². The molecule has 1 rings (SSSR count). The zero-order valence-corrected chi connectivity index (χ0v) is 11.0. The average molecular weight is 253 g/mol. The van der Waals surface area contributed by atoms with E-state index in [4.69, 9.17) is 5.73 Å². The number of hydrogen-bond acceptors (Lipinski definition) is 2. The molecule has 1 aromatic carbocycles. The van der Waals surface area contributed by atoms with Crippen molar-refractivity contribution in [3.8, 4) is 0 Å². The molecular formula is C12H19N3OS. The number of nitrogens with zero attached hydrogens (tertiary/aromatic N) is 1. The first-order valence-corrected chi connectivity index (χ1v) is 7.26. The molecule has 0 aliphatic rings. The molecule has 3 N–H and O–H groups in total. The molecule has 2 unspecified atom stereocenters. The lowest BCUT2D eigenvalue weighted by Gasteiger charge is -2.09. The molecule has 2 atom stereocenters. The number of nitrogens with two attached hydrogens (primary N) is 1. The van der Waals surface area contributed by atoms with Crippen LogP contribution >= 0.6 is 0 Å². The molecule has 0 aromatic heterocycles. The Balaban J connectivity index is 2.46. The molecule has 94 valence electrons. The average Bonchev–Trinajstić information content (AvgIpc) is 2.27. The highest BCUT2D eigenvalue weighted by atomic mass is 32.2. The van der Waals surface area contributed by atoms with Crippen molar-refractivity contribution in [3.63, 3.8) is 0 Å². The zero-order valence-electron chi connectivity index (χ0n) is 10.2. The fourth-order valence-electron chi connectivity index (χ4n) is 1.34. The van der Waals surface area contributed by atoms with Gasteiger partial charge in [0.1, 0.15) is 0 Å². The second-order valence-electron chi connectivity index (χ2n) is 3.92. The summed E-state index contributed by atoms with van der Waals surface area (Å²) in [6.07, 6.45) is 2.47. The summed E-state index contributed by atoms with van der Waals surface area (Å²) in [5, 5.41) is 3.01. The van der Waals surface area contributed by atoms with E-state index in [1.54, 1.807) is 6.26 Å². The van der Waals surface area contributed by atoms with Crippen molar-refractivity contribution in [1.82, 2.24) is 0 Å². The third-order valence-corrected chi connectivity index (χ3v) is 3.04. The topological polar surface area (TPSA) is 67.5 Å². The van der Waals surface area contributed by atoms with Crippen molar-refractivity contribution < 1.29 is 4.21 Å². The van der Waals surface area contributed by atoms with E-state index in [9.17, 15) is 4.21 Å². The van der Waals surface area contributed by atoms with Gasteiger partial charge in [0.25, 0.3) is 0 Å². The summed E-state index contributed by atoms with van der Waals surface area (Å²) in [6, 6.07) is 9.73. The molecule has 4 nitrogen and oxygen atoms in total. The number of benzene rings is 1. The maximum Gasteiger partial charge on any atom is 0.193 e. The normalized spacial score (nSPS) is 15.3. The van der Waals surface area contributed by atoms with E-state index >= 15 is 0 Å². The first kappa shape index (κ1) is 13.7. The standard InChI is InChI=1S/C12H19N3OS/c1-10(8-9-17(2)16)14-12(13)15-11-6-4-3-5-7-11/h3-7,10H,8-9H2,1-2H3,(H3,13,14,15). The number of anilines is 1. The molecule has 0 aliphatic heterocycles. The Hall–Kier alpha value is -1.36. The molecule has 0 radical (unpaired) electrons. The number of hydrogen-bond donors (Lipinski definition) is 2. The Morgan fingerprint density at radius 2 is 2.12 bits per heavy atom. The number of guanidine groups is 1. The van der Waals surface area contributed by atoms with Gasteiger partial charge in [0.15, 0.2) is 5.96 Å². The summed E-state index contributed by atoms with van der Waals surface area (Å²) in [4.78, 5) is 4.29. The molecule has 0 spiro atoms. The fraction of sp³-hybridized carbons (Fsp3) is 0.417. The van der Waals surface area contributed by atoms with E-state index in [1.807, 2.05) is 37.3 Å². The van der Waals surface area contributed by atoms with Gasteiger partial charge in [-0.2, -0.15) is 0 Å². The van der Waals surface area contributed by atoms with Crippen LogP contribution in [0.5, 0.6) is 0 Å². The van der Waals surface area contributed by atoms with Gasteiger partial charge in [-0.3, -0.25) is 9.20 Å². The lowest BCUT2D eigenvalue weighted by atomic mass is 10.3. The Kier molecular flexibility index (Phi) is 5.69. The summed E-state index contributed by atoms with van der Waals surface area (Å²) in [7, 11) is -0.769. The molecule has 0 amide bonds. The molecule has 0 aliphatic carbocycles. The van der Waals surface area contributed by atoms with Crippen molar-refractivity contribution in [2.24, 2.45) is 10.7 Å². The van der Waals surface area contributed by atoms with E-state index in [-0.39, 0.29) is 6.04 Å². The van der Waals surface area contributed by atoms with Crippen LogP contribution in [0.1, 0.15) is 13.3 Å². The Morgan fingerprint density at radius 1 is 1.47 bits per heavy atom. The third-order valence-electron chi connectivity index (χ3n) is 2.23. The zero-order chi connectivity index (χ0) is 12.7. The van der Waals surface area contributed by atoms with Crippen LogP contribution in [0.25, 0.3) is 0 Å². The van der Waals surface area contributed by atoms with E-state index in [1.165, 1.54) is 0 Å². The Bertz CT molecular complexity index is 392. The lowest BCUT2D eigenvalue weighted by Crippen LogP contribution is -2.24. The maximum atomic E-state index is 10.9. The van der Waals surface area contributed by atoms with Gasteiger partial charge in [-0.1, -0.05) is 18.2 Å². The van der Waals surface area contributed by atoms with Crippen LogP contribution in [0, 0.1) is 0 Å². The van der Waals surface area contributed by atoms with Crippen molar-refractivity contribution in [1.29, 1.82) is 0 Å². The summed E-state index contributed by atoms with van der Waals surface area (Å²) < 4.78 is 10.9. The molecule has 0 saturated carbocycles. The van der Waals surface area contributed by atoms with E-state index in [0.717, 1.165) is 12.1 Å². The summed E-state index contributed by atoms with van der Waals surface area (Å²) in [5.74, 6) is 1.05. The monoisotopic (exact) mass is 253 g/mol. The second-order valence-corrected chi connectivity index (χ2v) is 5.48. The lowest BCUT2D eigenvalue weighted by molar-refractivity contribution is 0.672. The molecular weight excluding hydrogens is 234 g/mol. The first-order chi connectivity index (χ1) is 8.08. The second kappa shape index (κ2) is 7.06. The molecule has 0 heterocycles. The van der Waals surface area contributed by atoms with Gasteiger partial charge in [0.2, 0.25) is 0 Å². The summed E-state index contributed by atoms with van der Waals surface area (Å²) in [5.41, 5.74) is 6.69. The minimum Gasteiger partial charge on any atom is -0.370 e. The summed E-state index contributed by atoms with van der Waals surface area (Å²) >= 11 is 0. The van der Waals surface area contributed by atoms with Gasteiger partial charge in [0.05, 0.1) is 6.04 Å². The van der Waals surface area contributed by atoms with Crippen LogP contribution in [0.3, 0.4) is 0 Å². The number of nitrogens with one attached hydrogen (secondary N) is 1. The third kappa shape index (κ3) is 6.06. The van der Waals surface area contributed by atoms with E-state index < -0.39 is 10.8 Å². The largest absolute Gasteiger partial charge is 0.370 e. The van der Waals surface area contributed by atoms with E-state index in [2.05, 4.69) is 10.3 Å². The van der Waals surface area contributed by atoms with Crippen molar-refractivity contribution >= 4 is 22.4 Å². The highest BCUT2D eigenvalue weighted by Crippen LogP contribution is 2.05. The van der Waals surface area contributed by atoms with Crippen LogP contribution in [0.4, 0.5) is 5.69 Å². The van der Waals surface area contributed by atoms with Gasteiger partial charge in [-0.15, -0.1) is 0 Å². The molecule has 1 aromatic rings. The predicted octanol–water partition coefficient (Wildman–Crippen LogP) is 1.57. The van der Waals surface area contributed by atoms with Crippen LogP contribution in [-0.2, 0) is 10.8 Å². The van der Waals surface area contributed by atoms with Crippen LogP contribution < -0.4 is 11.1 Å². The smallest absolute Gasteiger partial charge is 0.193 e. The van der Waals surface area contributed by atoms with Crippen molar-refractivity contribution in [2.45, 2.75) is 19.4 Å². The minimum absolute atomic E-state index is 0.0788. The minimum atomic E-state index is -0.769. The number of rotatable bonds is 5. The van der Waals surface area contributed by atoms with Gasteiger partial charge in [-0.05, 0) is 25.5 Å². The number of aliphatic imine (C=N–C) groups is 1. The quantitative estimate of drug-likeness (QED) is 0.618. The van der Waals surface area contributed by atoms with Crippen LogP contribution in [0.2, 0.25) is 0 Å². The Labute approximate surface area is 105 Å². The van der Waals surface area contributed by atoms with Gasteiger partial charge < -0.3 is 11.1 Å². The highest BCUT2D eigenvalue weighted by Gasteiger charge is 2.02. The first-order valence-electron chi connectivity index (χ1n) is 5.53. The molecule has 17 heavy (non-hydrogen) atoms. The van der Waals surface area contributed by atoms with Crippen LogP contribution in [0.15, 0.2) is 35.3 Å². The Morgan fingerprint density at radius 3 is 2.71 bits per heavy atom. The van der Waals surface area contributed by atoms with Gasteiger partial charge in [0, 0.05) is 28.5 Å². The molecule has 0 saturated heterocycles. The van der Waals surface area contributed by atoms with Crippen molar-refractivity contribution in [3.05, 3.63) is 30.3 Å². The predicted molar refractivity (Wildman–Crippen MR) is 74.7 cm³/mol. The highest BCUT2D eigenvalue weighted by molar-refractivity contribution is 7.84. The van der Waals surface area contributed by atoms with Gasteiger partial charge >= 0.3 is 0 Å². The van der Waals surface area contributed by atoms with E-state index in [0.29, 0.717) is 11.7 Å². The molecule has 0 bridgehead atoms. The number of para-hydroxylation sites is 1. The SMILES string of the molecule is CC(CCS(C)=O)N=C(N)Nc1ccccc1. The van der Waals surface area contributed by atoms with Gasteiger partial charge in [-0.25, -0.2) is 0 Å². The maximum absolute atomic E-state index is 10.9. The molecule has 5 heteroatoms. The van der Waals surface area contributed by atoms with Crippen LogP contribution in [-0.4, -0.2) is 28.2 Å². The summed E-state index contributed by atoms with van der Waals surface area (Å²) in [6.45, 7) is 1.96. The molecule has 0 fully saturated rings. The fourth-order valence-corrected chi connectivity index (χ4v) is 2.01.